The molecule has 4 rings (SSSR count). The van der Waals surface area contributed by atoms with Gasteiger partial charge < -0.3 is 10.6 Å². The molecule has 0 saturated heterocycles. The van der Waals surface area contributed by atoms with Gasteiger partial charge in [-0.3, -0.25) is 14.0 Å². The second kappa shape index (κ2) is 6.67. The highest BCUT2D eigenvalue weighted by atomic mass is 16.2. The number of aromatic nitrogens is 6. The molecular weight excluding hydrogens is 348 g/mol. The van der Waals surface area contributed by atoms with Crippen molar-refractivity contribution in [2.75, 3.05) is 12.4 Å². The average molecular weight is 362 g/mol. The van der Waals surface area contributed by atoms with Crippen LogP contribution in [-0.4, -0.2) is 48.6 Å². The van der Waals surface area contributed by atoms with Crippen molar-refractivity contribution in [2.24, 2.45) is 0 Å². The minimum absolute atomic E-state index is 0.0942. The topological polar surface area (TPSA) is 130 Å². The van der Waals surface area contributed by atoms with E-state index in [-0.39, 0.29) is 17.2 Å². The summed E-state index contributed by atoms with van der Waals surface area (Å²) in [5, 5.41) is 14.7. The maximum Gasteiger partial charge on any atom is 0.279 e. The smallest absolute Gasteiger partial charge is 0.279 e. The Morgan fingerprint density at radius 2 is 1.74 bits per heavy atom. The fourth-order valence-electron chi connectivity index (χ4n) is 2.53. The minimum atomic E-state index is -0.603. The van der Waals surface area contributed by atoms with Crippen molar-refractivity contribution < 1.29 is 9.59 Å². The van der Waals surface area contributed by atoms with Crippen LogP contribution in [0.5, 0.6) is 0 Å². The highest BCUT2D eigenvalue weighted by Crippen LogP contribution is 2.19. The van der Waals surface area contributed by atoms with Gasteiger partial charge in [-0.25, -0.2) is 4.98 Å². The summed E-state index contributed by atoms with van der Waals surface area (Å²) in [5.41, 5.74) is 1.52. The van der Waals surface area contributed by atoms with Crippen molar-refractivity contribution in [1.82, 2.24) is 35.1 Å². The molecule has 134 valence electrons. The number of nitrogens with zero attached hydrogens (tertiary/aromatic N) is 5. The fraction of sp³-hybridized carbons (Fsp3) is 0.0588. The van der Waals surface area contributed by atoms with E-state index < -0.39 is 11.8 Å². The van der Waals surface area contributed by atoms with Gasteiger partial charge in [0.2, 0.25) is 5.78 Å². The van der Waals surface area contributed by atoms with Crippen molar-refractivity contribution in [2.45, 2.75) is 0 Å². The number of aromatic amines is 1. The molecule has 0 aliphatic carbocycles. The SMILES string of the molecule is CNC(=O)c1n[nH]nc1C(=O)Nc1ccn2cc(-c3ccccc3)nc2n1. The number of benzene rings is 1. The zero-order valence-corrected chi connectivity index (χ0v) is 14.2. The summed E-state index contributed by atoms with van der Waals surface area (Å²) in [7, 11) is 1.44. The van der Waals surface area contributed by atoms with E-state index in [0.717, 1.165) is 11.3 Å². The first-order chi connectivity index (χ1) is 13.2. The number of hydrogen-bond donors (Lipinski definition) is 3. The van der Waals surface area contributed by atoms with E-state index in [4.69, 9.17) is 0 Å². The number of hydrogen-bond acceptors (Lipinski definition) is 6. The van der Waals surface area contributed by atoms with Crippen molar-refractivity contribution in [3.63, 3.8) is 0 Å². The summed E-state index contributed by atoms with van der Waals surface area (Å²) >= 11 is 0. The third-order valence-electron chi connectivity index (χ3n) is 3.84. The predicted octanol–water partition coefficient (Wildman–Crippen LogP) is 1.13. The molecule has 27 heavy (non-hydrogen) atoms. The van der Waals surface area contributed by atoms with Crippen LogP contribution in [0.2, 0.25) is 0 Å². The van der Waals surface area contributed by atoms with E-state index in [1.165, 1.54) is 7.05 Å². The third kappa shape index (κ3) is 3.11. The lowest BCUT2D eigenvalue weighted by Crippen LogP contribution is -2.23. The molecule has 0 bridgehead atoms. The molecule has 0 unspecified atom stereocenters. The normalized spacial score (nSPS) is 10.7. The Bertz CT molecular complexity index is 1130. The first-order valence-electron chi connectivity index (χ1n) is 8.01. The molecule has 0 aliphatic rings. The molecule has 0 saturated carbocycles. The van der Waals surface area contributed by atoms with Crippen LogP contribution in [0, 0.1) is 0 Å². The van der Waals surface area contributed by atoms with Gasteiger partial charge >= 0.3 is 0 Å². The van der Waals surface area contributed by atoms with E-state index in [1.807, 2.05) is 36.5 Å². The first kappa shape index (κ1) is 16.4. The number of carbonyl (C=O) groups is 2. The molecule has 1 aromatic carbocycles. The minimum Gasteiger partial charge on any atom is -0.354 e. The van der Waals surface area contributed by atoms with Crippen LogP contribution < -0.4 is 10.6 Å². The van der Waals surface area contributed by atoms with E-state index in [9.17, 15) is 9.59 Å². The van der Waals surface area contributed by atoms with Gasteiger partial charge in [0.1, 0.15) is 5.82 Å². The standard InChI is InChI=1S/C17H14N8O2/c1-18-15(26)13-14(23-24-22-13)16(27)20-12-7-8-25-9-11(19-17(25)21-12)10-5-3-2-4-6-10/h2-9H,1H3,(H,18,26)(H,22,23,24)(H,19,20,21,27). The van der Waals surface area contributed by atoms with Crippen molar-refractivity contribution in [3.8, 4) is 11.3 Å². The van der Waals surface area contributed by atoms with Crippen LogP contribution in [0.25, 0.3) is 17.0 Å². The summed E-state index contributed by atoms with van der Waals surface area (Å²) in [6, 6.07) is 11.3. The predicted molar refractivity (Wildman–Crippen MR) is 96.1 cm³/mol. The molecule has 3 heterocycles. The van der Waals surface area contributed by atoms with E-state index in [2.05, 4.69) is 36.0 Å². The monoisotopic (exact) mass is 362 g/mol. The number of carbonyl (C=O) groups excluding carboxylic acids is 2. The number of amides is 2. The number of anilines is 1. The Balaban J connectivity index is 1.60. The van der Waals surface area contributed by atoms with E-state index >= 15 is 0 Å². The van der Waals surface area contributed by atoms with E-state index in [0.29, 0.717) is 5.78 Å². The summed E-state index contributed by atoms with van der Waals surface area (Å²) < 4.78 is 1.75. The Labute approximate surface area is 152 Å². The highest BCUT2D eigenvalue weighted by Gasteiger charge is 2.22. The van der Waals surface area contributed by atoms with E-state index in [1.54, 1.807) is 16.7 Å². The van der Waals surface area contributed by atoms with Gasteiger partial charge in [-0.1, -0.05) is 30.3 Å². The van der Waals surface area contributed by atoms with Gasteiger partial charge in [-0.15, -0.1) is 10.2 Å². The Hall–Kier alpha value is -4.08. The molecule has 0 atom stereocenters. The lowest BCUT2D eigenvalue weighted by atomic mass is 10.2. The van der Waals surface area contributed by atoms with Crippen LogP contribution in [0.3, 0.4) is 0 Å². The van der Waals surface area contributed by atoms with Gasteiger partial charge in [-0.05, 0) is 6.07 Å². The fourth-order valence-corrected chi connectivity index (χ4v) is 2.53. The molecular formula is C17H14N8O2. The third-order valence-corrected chi connectivity index (χ3v) is 3.84. The number of fused-ring (bicyclic) bond motifs is 1. The maximum atomic E-state index is 12.4. The molecule has 0 radical (unpaired) electrons. The van der Waals surface area contributed by atoms with Crippen LogP contribution in [0.1, 0.15) is 21.0 Å². The summed E-state index contributed by atoms with van der Waals surface area (Å²) in [5.74, 6) is -0.408. The first-order valence-corrected chi connectivity index (χ1v) is 8.01. The van der Waals surface area contributed by atoms with Crippen molar-refractivity contribution in [1.29, 1.82) is 0 Å². The molecule has 3 N–H and O–H groups in total. The molecule has 4 aromatic rings. The van der Waals surface area contributed by atoms with Crippen LogP contribution in [-0.2, 0) is 0 Å². The lowest BCUT2D eigenvalue weighted by molar-refractivity contribution is 0.0943. The van der Waals surface area contributed by atoms with Gasteiger partial charge in [0.05, 0.1) is 5.69 Å². The molecule has 0 aliphatic heterocycles. The van der Waals surface area contributed by atoms with Gasteiger partial charge in [0.15, 0.2) is 11.4 Å². The second-order valence-corrected chi connectivity index (χ2v) is 5.57. The van der Waals surface area contributed by atoms with Crippen LogP contribution in [0.4, 0.5) is 5.82 Å². The number of H-pyrrole nitrogens is 1. The lowest BCUT2D eigenvalue weighted by Gasteiger charge is -2.03. The summed E-state index contributed by atoms with van der Waals surface area (Å²) in [6.45, 7) is 0. The Kier molecular flexibility index (Phi) is 4.05. The Morgan fingerprint density at radius 3 is 2.48 bits per heavy atom. The summed E-state index contributed by atoms with van der Waals surface area (Å²) in [6.07, 6.45) is 3.59. The number of imidazole rings is 1. The zero-order chi connectivity index (χ0) is 18.8. The van der Waals surface area contributed by atoms with Gasteiger partial charge in [-0.2, -0.15) is 10.2 Å². The van der Waals surface area contributed by atoms with Crippen molar-refractivity contribution >= 4 is 23.4 Å². The van der Waals surface area contributed by atoms with Gasteiger partial charge in [0, 0.05) is 25.0 Å². The Morgan fingerprint density at radius 1 is 1.00 bits per heavy atom. The van der Waals surface area contributed by atoms with Crippen molar-refractivity contribution in [3.05, 3.63) is 60.2 Å². The molecule has 10 heteroatoms. The molecule has 0 spiro atoms. The molecule has 0 fully saturated rings. The largest absolute Gasteiger partial charge is 0.354 e. The number of rotatable bonds is 4. The molecule has 10 nitrogen and oxygen atoms in total. The highest BCUT2D eigenvalue weighted by molar-refractivity contribution is 6.09. The molecule has 2 amide bonds. The van der Waals surface area contributed by atoms with Crippen LogP contribution in [0.15, 0.2) is 48.8 Å². The molecule has 3 aromatic heterocycles. The zero-order valence-electron chi connectivity index (χ0n) is 14.2. The number of nitrogens with one attached hydrogen (secondary N) is 3. The quantitative estimate of drug-likeness (QED) is 0.499. The maximum absolute atomic E-state index is 12.4. The van der Waals surface area contributed by atoms with Gasteiger partial charge in [0.25, 0.3) is 11.8 Å². The second-order valence-electron chi connectivity index (χ2n) is 5.57. The van der Waals surface area contributed by atoms with Crippen LogP contribution >= 0.6 is 0 Å². The average Bonchev–Trinajstić information content (AvgIpc) is 3.35. The summed E-state index contributed by atoms with van der Waals surface area (Å²) in [4.78, 5) is 32.9.